The van der Waals surface area contributed by atoms with E-state index >= 15 is 0 Å². The van der Waals surface area contributed by atoms with Crippen LogP contribution in [0, 0.1) is 0 Å². The number of benzene rings is 11. The predicted octanol–water partition coefficient (Wildman–Crippen LogP) is 17.7. The van der Waals surface area contributed by atoms with Crippen LogP contribution in [0.3, 0.4) is 0 Å². The van der Waals surface area contributed by atoms with Gasteiger partial charge in [0.25, 0.3) is 0 Å². The van der Waals surface area contributed by atoms with Crippen LogP contribution in [0.4, 0.5) is 17.1 Å². The third kappa shape index (κ3) is 7.31. The highest BCUT2D eigenvalue weighted by Crippen LogP contribution is 2.40. The summed E-state index contributed by atoms with van der Waals surface area (Å²) in [6.07, 6.45) is 0. The van der Waals surface area contributed by atoms with Gasteiger partial charge in [-0.1, -0.05) is 188 Å². The number of hydrogen-bond donors (Lipinski definition) is 0. The molecule has 0 bridgehead atoms. The molecule has 0 spiro atoms. The van der Waals surface area contributed by atoms with E-state index in [9.17, 15) is 0 Å². The van der Waals surface area contributed by atoms with Gasteiger partial charge in [0, 0.05) is 33.5 Å². The number of nitrogens with zero attached hydrogens (tertiary/aromatic N) is 2. The molecule has 0 aliphatic heterocycles. The summed E-state index contributed by atoms with van der Waals surface area (Å²) >= 11 is 0. The molecule has 2 nitrogen and oxygen atoms in total. The van der Waals surface area contributed by atoms with E-state index < -0.39 is 0 Å². The first-order chi connectivity index (χ1) is 32.7. The van der Waals surface area contributed by atoms with Gasteiger partial charge in [0.15, 0.2) is 0 Å². The Kier molecular flexibility index (Phi) is 9.89. The third-order valence-corrected chi connectivity index (χ3v) is 13.0. The molecule has 12 rings (SSSR count). The standard InChI is InChI=1S/C64H44N2/c1-2-13-45(14-3-1)51-17-10-18-52(41-51)47-29-35-57(36-30-47)65(58-37-31-48(32-38-58)53-19-11-20-54(42-53)56-28-27-46-15-4-5-16-50(46)43-56)59-39-33-49(34-40-59)55-21-12-22-60(44-55)66-63-25-8-6-23-61(63)62-24-7-9-26-64(62)66/h1-44H. The third-order valence-electron chi connectivity index (χ3n) is 13.0. The summed E-state index contributed by atoms with van der Waals surface area (Å²) in [7, 11) is 0. The van der Waals surface area contributed by atoms with Gasteiger partial charge in [0.1, 0.15) is 0 Å². The van der Waals surface area contributed by atoms with E-state index in [1.807, 2.05) is 0 Å². The minimum Gasteiger partial charge on any atom is -0.311 e. The minimum atomic E-state index is 1.09. The van der Waals surface area contributed by atoms with Crippen molar-refractivity contribution in [3.8, 4) is 61.3 Å². The van der Waals surface area contributed by atoms with Gasteiger partial charge in [0.2, 0.25) is 0 Å². The smallest absolute Gasteiger partial charge is 0.0541 e. The summed E-state index contributed by atoms with van der Waals surface area (Å²) in [5.41, 5.74) is 18.7. The van der Waals surface area contributed by atoms with Crippen LogP contribution in [-0.2, 0) is 0 Å². The van der Waals surface area contributed by atoms with E-state index in [0.717, 1.165) is 28.3 Å². The molecule has 0 atom stereocenters. The maximum absolute atomic E-state index is 2.38. The van der Waals surface area contributed by atoms with E-state index in [1.165, 1.54) is 82.6 Å². The fourth-order valence-electron chi connectivity index (χ4n) is 9.64. The van der Waals surface area contributed by atoms with Gasteiger partial charge >= 0.3 is 0 Å². The Morgan fingerprint density at radius 1 is 0.227 bits per heavy atom. The van der Waals surface area contributed by atoms with Gasteiger partial charge in [-0.3, -0.25) is 0 Å². The molecule has 11 aromatic carbocycles. The second kappa shape index (κ2) is 16.8. The largest absolute Gasteiger partial charge is 0.311 e. The van der Waals surface area contributed by atoms with Gasteiger partial charge in [-0.05, 0) is 145 Å². The first-order valence-corrected chi connectivity index (χ1v) is 22.7. The molecule has 0 N–H and O–H groups in total. The zero-order chi connectivity index (χ0) is 43.8. The second-order valence-corrected chi connectivity index (χ2v) is 17.0. The van der Waals surface area contributed by atoms with Crippen LogP contribution in [0.1, 0.15) is 0 Å². The Labute approximate surface area is 385 Å². The fourth-order valence-corrected chi connectivity index (χ4v) is 9.64. The van der Waals surface area contributed by atoms with Crippen LogP contribution in [-0.4, -0.2) is 4.57 Å². The maximum Gasteiger partial charge on any atom is 0.0541 e. The molecule has 310 valence electrons. The highest BCUT2D eigenvalue weighted by Gasteiger charge is 2.16. The lowest BCUT2D eigenvalue weighted by molar-refractivity contribution is 1.18. The molecular weight excluding hydrogens is 797 g/mol. The van der Waals surface area contributed by atoms with Crippen LogP contribution in [0.15, 0.2) is 267 Å². The summed E-state index contributed by atoms with van der Waals surface area (Å²) in [6.45, 7) is 0. The zero-order valence-corrected chi connectivity index (χ0v) is 36.3. The normalized spacial score (nSPS) is 11.3. The van der Waals surface area contributed by atoms with Crippen LogP contribution in [0.25, 0.3) is 93.9 Å². The van der Waals surface area contributed by atoms with Crippen molar-refractivity contribution in [1.29, 1.82) is 0 Å². The highest BCUT2D eigenvalue weighted by atomic mass is 15.1. The highest BCUT2D eigenvalue weighted by molar-refractivity contribution is 6.09. The minimum absolute atomic E-state index is 1.09. The molecule has 0 aliphatic rings. The molecule has 2 heteroatoms. The van der Waals surface area contributed by atoms with Crippen molar-refractivity contribution < 1.29 is 0 Å². The van der Waals surface area contributed by atoms with Crippen molar-refractivity contribution in [3.63, 3.8) is 0 Å². The van der Waals surface area contributed by atoms with Gasteiger partial charge in [-0.15, -0.1) is 0 Å². The van der Waals surface area contributed by atoms with E-state index in [2.05, 4.69) is 276 Å². The van der Waals surface area contributed by atoms with Crippen LogP contribution >= 0.6 is 0 Å². The number of fused-ring (bicyclic) bond motifs is 4. The lowest BCUT2D eigenvalue weighted by Gasteiger charge is -2.26. The predicted molar refractivity (Wildman–Crippen MR) is 280 cm³/mol. The Morgan fingerprint density at radius 3 is 1.12 bits per heavy atom. The number of anilines is 3. The Hall–Kier alpha value is -8.72. The van der Waals surface area contributed by atoms with Gasteiger partial charge in [0.05, 0.1) is 11.0 Å². The number of rotatable bonds is 9. The number of para-hydroxylation sites is 2. The molecule has 66 heavy (non-hydrogen) atoms. The van der Waals surface area contributed by atoms with Crippen molar-refractivity contribution in [3.05, 3.63) is 267 Å². The Balaban J connectivity index is 0.895. The summed E-state index contributed by atoms with van der Waals surface area (Å²) in [5.74, 6) is 0. The molecule has 0 saturated heterocycles. The molecule has 1 aromatic heterocycles. The first-order valence-electron chi connectivity index (χ1n) is 22.7. The fraction of sp³-hybridized carbons (Fsp3) is 0. The monoisotopic (exact) mass is 840 g/mol. The van der Waals surface area contributed by atoms with Crippen molar-refractivity contribution in [1.82, 2.24) is 4.57 Å². The molecule has 0 saturated carbocycles. The van der Waals surface area contributed by atoms with Crippen molar-refractivity contribution in [2.45, 2.75) is 0 Å². The molecular formula is C64H44N2. The quantitative estimate of drug-likeness (QED) is 0.141. The molecule has 1 heterocycles. The van der Waals surface area contributed by atoms with E-state index in [4.69, 9.17) is 0 Å². The summed E-state index contributed by atoms with van der Waals surface area (Å²) in [6, 6.07) is 96.8. The second-order valence-electron chi connectivity index (χ2n) is 17.0. The van der Waals surface area contributed by atoms with Gasteiger partial charge in [-0.25, -0.2) is 0 Å². The molecule has 0 unspecified atom stereocenters. The Morgan fingerprint density at radius 2 is 0.591 bits per heavy atom. The molecule has 12 aromatic rings. The lowest BCUT2D eigenvalue weighted by atomic mass is 9.97. The van der Waals surface area contributed by atoms with Crippen molar-refractivity contribution in [2.24, 2.45) is 0 Å². The van der Waals surface area contributed by atoms with E-state index in [0.29, 0.717) is 0 Å². The van der Waals surface area contributed by atoms with Crippen LogP contribution in [0.5, 0.6) is 0 Å². The van der Waals surface area contributed by atoms with Crippen molar-refractivity contribution in [2.75, 3.05) is 4.90 Å². The molecule has 0 aliphatic carbocycles. The topological polar surface area (TPSA) is 8.17 Å². The van der Waals surface area contributed by atoms with Crippen molar-refractivity contribution >= 4 is 49.6 Å². The molecule has 0 fully saturated rings. The molecule has 0 amide bonds. The Bertz CT molecular complexity index is 3620. The first kappa shape index (κ1) is 38.9. The number of hydrogen-bond acceptors (Lipinski definition) is 1. The zero-order valence-electron chi connectivity index (χ0n) is 36.3. The van der Waals surface area contributed by atoms with E-state index in [1.54, 1.807) is 0 Å². The summed E-state index contributed by atoms with van der Waals surface area (Å²) < 4.78 is 2.38. The number of aromatic nitrogens is 1. The summed E-state index contributed by atoms with van der Waals surface area (Å²) in [5, 5.41) is 5.03. The lowest BCUT2D eigenvalue weighted by Crippen LogP contribution is -2.09. The SMILES string of the molecule is c1ccc(-c2cccc(-c3ccc(N(c4ccc(-c5cccc(-c6ccc7ccccc7c6)c5)cc4)c4ccc(-c5cccc(-n6c7ccccc7c7ccccc76)c5)cc4)cc3)c2)cc1. The van der Waals surface area contributed by atoms with Gasteiger partial charge in [-0.2, -0.15) is 0 Å². The van der Waals surface area contributed by atoms with Gasteiger partial charge < -0.3 is 9.47 Å². The van der Waals surface area contributed by atoms with E-state index in [-0.39, 0.29) is 0 Å². The average Bonchev–Trinajstić information content (AvgIpc) is 3.74. The molecule has 0 radical (unpaired) electrons. The van der Waals surface area contributed by atoms with Crippen LogP contribution < -0.4 is 4.90 Å². The maximum atomic E-state index is 2.38. The summed E-state index contributed by atoms with van der Waals surface area (Å²) in [4.78, 5) is 2.36. The van der Waals surface area contributed by atoms with Crippen LogP contribution in [0.2, 0.25) is 0 Å². The average molecular weight is 841 g/mol.